The van der Waals surface area contributed by atoms with Gasteiger partial charge in [-0.3, -0.25) is 0 Å². The van der Waals surface area contributed by atoms with Crippen LogP contribution in [0.2, 0.25) is 0 Å². The van der Waals surface area contributed by atoms with E-state index in [9.17, 15) is 0 Å². The average Bonchev–Trinajstić information content (AvgIpc) is 2.86. The fraction of sp³-hybridized carbons (Fsp3) is 0.0526. The maximum Gasteiger partial charge on any atom is 0.262 e. The van der Waals surface area contributed by atoms with Gasteiger partial charge in [0.05, 0.1) is 18.3 Å². The number of nitriles is 1. The number of para-hydroxylation sites is 1. The summed E-state index contributed by atoms with van der Waals surface area (Å²) in [5, 5.41) is 10.1. The molecular weight excluding hydrogens is 270 g/mol. The molecule has 0 amide bonds. The van der Waals surface area contributed by atoms with E-state index in [4.69, 9.17) is 11.8 Å². The summed E-state index contributed by atoms with van der Waals surface area (Å²) in [7, 11) is 2.01. The first-order chi connectivity index (χ1) is 10.8. The molecule has 0 saturated carbocycles. The van der Waals surface area contributed by atoms with Crippen molar-refractivity contribution in [1.82, 2.24) is 4.57 Å². The van der Waals surface area contributed by atoms with Gasteiger partial charge < -0.3 is 4.57 Å². The van der Waals surface area contributed by atoms with Crippen LogP contribution in [0.25, 0.3) is 33.1 Å². The Hall–Kier alpha value is -3.30. The van der Waals surface area contributed by atoms with Gasteiger partial charge in [0.25, 0.3) is 5.70 Å². The number of rotatable bonds is 2. The molecule has 0 aliphatic rings. The molecule has 0 aliphatic heterocycles. The lowest BCUT2D eigenvalue weighted by molar-refractivity contribution is 0.977. The predicted octanol–water partition coefficient (Wildman–Crippen LogP) is 4.63. The van der Waals surface area contributed by atoms with Gasteiger partial charge in [-0.15, -0.1) is 0 Å². The second-order valence-electron chi connectivity index (χ2n) is 4.96. The Balaban J connectivity index is 2.41. The second-order valence-corrected chi connectivity index (χ2v) is 4.96. The number of allylic oxidation sites excluding steroid dienone is 1. The van der Waals surface area contributed by atoms with E-state index >= 15 is 0 Å². The zero-order valence-electron chi connectivity index (χ0n) is 12.1. The maximum atomic E-state index is 9.09. The molecule has 0 spiro atoms. The molecule has 104 valence electrons. The molecule has 22 heavy (non-hydrogen) atoms. The first kappa shape index (κ1) is 13.7. The Labute approximate surface area is 129 Å². The number of hydrogen-bond acceptors (Lipinski definition) is 1. The van der Waals surface area contributed by atoms with Crippen molar-refractivity contribution in [2.45, 2.75) is 0 Å². The molecule has 0 atom stereocenters. The molecule has 1 heterocycles. The van der Waals surface area contributed by atoms with E-state index in [1.54, 1.807) is 6.08 Å². The maximum absolute atomic E-state index is 9.09. The van der Waals surface area contributed by atoms with Crippen LogP contribution in [-0.2, 0) is 7.05 Å². The number of aryl methyl sites for hydroxylation is 1. The van der Waals surface area contributed by atoms with Crippen molar-refractivity contribution in [3.63, 3.8) is 0 Å². The van der Waals surface area contributed by atoms with E-state index in [-0.39, 0.29) is 5.70 Å². The predicted molar refractivity (Wildman–Crippen MR) is 88.5 cm³/mol. The van der Waals surface area contributed by atoms with Crippen molar-refractivity contribution in [1.29, 1.82) is 5.26 Å². The van der Waals surface area contributed by atoms with Crippen molar-refractivity contribution in [2.75, 3.05) is 0 Å². The van der Waals surface area contributed by atoms with Crippen LogP contribution in [0, 0.1) is 17.9 Å². The van der Waals surface area contributed by atoms with Crippen molar-refractivity contribution in [2.24, 2.45) is 7.05 Å². The quantitative estimate of drug-likeness (QED) is 0.498. The SMILES string of the molecule is [C-]#[N+]/C(C#N)=C\c1c(-c2ccccc2)n(C)c2ccccc12. The van der Waals surface area contributed by atoms with E-state index in [0.717, 1.165) is 27.7 Å². The Morgan fingerprint density at radius 2 is 1.82 bits per heavy atom. The van der Waals surface area contributed by atoms with Gasteiger partial charge in [0.2, 0.25) is 0 Å². The molecule has 1 aromatic heterocycles. The molecule has 0 fully saturated rings. The lowest BCUT2D eigenvalue weighted by atomic mass is 10.0. The largest absolute Gasteiger partial charge is 0.343 e. The fourth-order valence-electron chi connectivity index (χ4n) is 2.74. The summed E-state index contributed by atoms with van der Waals surface area (Å²) in [4.78, 5) is 3.29. The van der Waals surface area contributed by atoms with Crippen LogP contribution in [0.3, 0.4) is 0 Å². The van der Waals surface area contributed by atoms with Crippen LogP contribution in [0.15, 0.2) is 60.3 Å². The minimum Gasteiger partial charge on any atom is -0.343 e. The van der Waals surface area contributed by atoms with Crippen molar-refractivity contribution in [3.05, 3.63) is 77.3 Å². The summed E-state index contributed by atoms with van der Waals surface area (Å²) in [5.41, 5.74) is 4.16. The minimum absolute atomic E-state index is 0.0912. The molecule has 0 N–H and O–H groups in total. The molecule has 0 bridgehead atoms. The minimum atomic E-state index is 0.0912. The summed E-state index contributed by atoms with van der Waals surface area (Å²) < 4.78 is 2.11. The number of hydrogen-bond donors (Lipinski definition) is 0. The summed E-state index contributed by atoms with van der Waals surface area (Å²) in [5.74, 6) is 0. The van der Waals surface area contributed by atoms with Gasteiger partial charge in [0.1, 0.15) is 0 Å². The van der Waals surface area contributed by atoms with E-state index in [0.29, 0.717) is 0 Å². The summed E-state index contributed by atoms with van der Waals surface area (Å²) in [6.45, 7) is 7.13. The summed E-state index contributed by atoms with van der Waals surface area (Å²) in [6, 6.07) is 20.0. The van der Waals surface area contributed by atoms with Crippen molar-refractivity contribution >= 4 is 17.0 Å². The number of nitrogens with zero attached hydrogens (tertiary/aromatic N) is 3. The highest BCUT2D eigenvalue weighted by Gasteiger charge is 2.15. The lowest BCUT2D eigenvalue weighted by Gasteiger charge is -2.06. The third-order valence-corrected chi connectivity index (χ3v) is 3.71. The van der Waals surface area contributed by atoms with E-state index < -0.39 is 0 Å². The molecule has 3 nitrogen and oxygen atoms in total. The lowest BCUT2D eigenvalue weighted by Crippen LogP contribution is -1.92. The van der Waals surface area contributed by atoms with Gasteiger partial charge in [-0.05, 0) is 23.3 Å². The van der Waals surface area contributed by atoms with Crippen molar-refractivity contribution in [3.8, 4) is 17.3 Å². The highest BCUT2D eigenvalue weighted by molar-refractivity contribution is 5.98. The Bertz CT molecular complexity index is 932. The van der Waals surface area contributed by atoms with Crippen LogP contribution in [0.1, 0.15) is 5.56 Å². The molecule has 0 radical (unpaired) electrons. The molecule has 0 aliphatic carbocycles. The van der Waals surface area contributed by atoms with E-state index in [1.807, 2.05) is 67.7 Å². The monoisotopic (exact) mass is 283 g/mol. The van der Waals surface area contributed by atoms with Crippen LogP contribution >= 0.6 is 0 Å². The number of fused-ring (bicyclic) bond motifs is 1. The zero-order valence-corrected chi connectivity index (χ0v) is 12.1. The third-order valence-electron chi connectivity index (χ3n) is 3.71. The van der Waals surface area contributed by atoms with Crippen LogP contribution in [0.5, 0.6) is 0 Å². The molecule has 3 aromatic rings. The third kappa shape index (κ3) is 2.16. The van der Waals surface area contributed by atoms with E-state index in [1.165, 1.54) is 0 Å². The van der Waals surface area contributed by atoms with Gasteiger partial charge in [0.15, 0.2) is 0 Å². The molecular formula is C19H13N3. The van der Waals surface area contributed by atoms with Crippen LogP contribution < -0.4 is 0 Å². The molecule has 2 aromatic carbocycles. The molecule has 0 unspecified atom stereocenters. The fourth-order valence-corrected chi connectivity index (χ4v) is 2.74. The highest BCUT2D eigenvalue weighted by Crippen LogP contribution is 2.34. The van der Waals surface area contributed by atoms with Crippen LogP contribution in [-0.4, -0.2) is 4.57 Å². The zero-order chi connectivity index (χ0) is 15.5. The smallest absolute Gasteiger partial charge is 0.262 e. The standard InChI is InChI=1S/C19H13N3/c1-21-15(13-20)12-17-16-10-6-7-11-18(16)22(2)19(17)14-8-4-3-5-9-14/h3-12H,2H3/b15-12-. The van der Waals surface area contributed by atoms with E-state index in [2.05, 4.69) is 9.41 Å². The van der Waals surface area contributed by atoms with Gasteiger partial charge >= 0.3 is 0 Å². The average molecular weight is 283 g/mol. The first-order valence-electron chi connectivity index (χ1n) is 6.88. The molecule has 0 saturated heterocycles. The van der Waals surface area contributed by atoms with Gasteiger partial charge in [-0.2, -0.15) is 0 Å². The first-order valence-corrected chi connectivity index (χ1v) is 6.88. The van der Waals surface area contributed by atoms with Crippen molar-refractivity contribution < 1.29 is 0 Å². The van der Waals surface area contributed by atoms with Gasteiger partial charge in [0, 0.05) is 18.0 Å². The topological polar surface area (TPSA) is 33.1 Å². The van der Waals surface area contributed by atoms with Gasteiger partial charge in [-0.1, -0.05) is 48.5 Å². The highest BCUT2D eigenvalue weighted by atomic mass is 14.9. The Morgan fingerprint density at radius 3 is 2.50 bits per heavy atom. The number of aromatic nitrogens is 1. The second kappa shape index (κ2) is 5.60. The Kier molecular flexibility index (Phi) is 3.48. The van der Waals surface area contributed by atoms with Crippen LogP contribution in [0.4, 0.5) is 0 Å². The van der Waals surface area contributed by atoms with Gasteiger partial charge in [-0.25, -0.2) is 10.1 Å². The summed E-state index contributed by atoms with van der Waals surface area (Å²) >= 11 is 0. The molecule has 3 rings (SSSR count). The Morgan fingerprint density at radius 1 is 1.14 bits per heavy atom. The summed E-state index contributed by atoms with van der Waals surface area (Å²) in [6.07, 6.45) is 1.68. The normalized spacial score (nSPS) is 11.1. The molecule has 3 heteroatoms. The number of benzene rings is 2.